The number of nitrogens with one attached hydrogen (secondary N) is 1. The first-order chi connectivity index (χ1) is 10.3. The maximum absolute atomic E-state index is 11.4. The lowest BCUT2D eigenvalue weighted by Gasteiger charge is -2.18. The summed E-state index contributed by atoms with van der Waals surface area (Å²) in [6.07, 6.45) is 2.57. The normalized spacial score (nSPS) is 12.7. The molecule has 21 heavy (non-hydrogen) atoms. The summed E-state index contributed by atoms with van der Waals surface area (Å²) in [4.78, 5) is 17.4. The first-order valence-electron chi connectivity index (χ1n) is 6.68. The Morgan fingerprint density at radius 1 is 1.48 bits per heavy atom. The van der Waals surface area contributed by atoms with Gasteiger partial charge in [0.25, 0.3) is 0 Å². The first-order valence-corrected chi connectivity index (χ1v) is 7.59. The van der Waals surface area contributed by atoms with E-state index in [2.05, 4.69) is 10.3 Å². The van der Waals surface area contributed by atoms with E-state index < -0.39 is 0 Å². The molecule has 1 aromatic carbocycles. The summed E-state index contributed by atoms with van der Waals surface area (Å²) >= 11 is 1.37. The van der Waals surface area contributed by atoms with E-state index in [1.807, 2.05) is 37.3 Å². The van der Waals surface area contributed by atoms with Gasteiger partial charge in [0.15, 0.2) is 0 Å². The van der Waals surface area contributed by atoms with Gasteiger partial charge in [-0.1, -0.05) is 13.0 Å². The standard InChI is InChI=1S/C15H15N3O2S/c1-2-21-20-12-5-6-13-14(8-12)18(10-19)9-11-4-3-7-16-15(11)17-13/h3-8,10H,2,9H2,1H3,(H,16,17). The zero-order valence-corrected chi connectivity index (χ0v) is 12.4. The van der Waals surface area contributed by atoms with Crippen molar-refractivity contribution in [3.8, 4) is 5.75 Å². The second kappa shape index (κ2) is 6.05. The number of pyridine rings is 1. The van der Waals surface area contributed by atoms with Gasteiger partial charge in [-0.3, -0.25) is 4.79 Å². The van der Waals surface area contributed by atoms with E-state index in [9.17, 15) is 4.79 Å². The Balaban J connectivity index is 2.00. The summed E-state index contributed by atoms with van der Waals surface area (Å²) in [5.74, 6) is 2.37. The maximum Gasteiger partial charge on any atom is 0.214 e. The molecule has 0 aliphatic carbocycles. The fourth-order valence-corrected chi connectivity index (χ4v) is 2.56. The van der Waals surface area contributed by atoms with E-state index in [4.69, 9.17) is 4.18 Å². The lowest BCUT2D eigenvalue weighted by Crippen LogP contribution is -2.19. The summed E-state index contributed by atoms with van der Waals surface area (Å²) in [7, 11) is 0. The molecule has 0 radical (unpaired) electrons. The first kappa shape index (κ1) is 13.8. The van der Waals surface area contributed by atoms with Crippen LogP contribution in [-0.2, 0) is 11.3 Å². The molecule has 0 saturated carbocycles. The Kier molecular flexibility index (Phi) is 3.96. The predicted octanol–water partition coefficient (Wildman–Crippen LogP) is 3.35. The number of carbonyl (C=O) groups excluding carboxylic acids is 1. The van der Waals surface area contributed by atoms with E-state index in [1.54, 1.807) is 11.1 Å². The van der Waals surface area contributed by atoms with E-state index >= 15 is 0 Å². The topological polar surface area (TPSA) is 54.5 Å². The second-order valence-electron chi connectivity index (χ2n) is 4.54. The summed E-state index contributed by atoms with van der Waals surface area (Å²) in [5.41, 5.74) is 2.61. The van der Waals surface area contributed by atoms with Crippen LogP contribution >= 0.6 is 12.0 Å². The van der Waals surface area contributed by atoms with E-state index in [1.165, 1.54) is 12.0 Å². The van der Waals surface area contributed by atoms with Crippen LogP contribution in [0.3, 0.4) is 0 Å². The van der Waals surface area contributed by atoms with Gasteiger partial charge in [0.05, 0.1) is 30.0 Å². The SMILES string of the molecule is CCSOc1ccc2c(c1)N(C=O)Cc1cccnc1N2. The Labute approximate surface area is 127 Å². The molecule has 108 valence electrons. The lowest BCUT2D eigenvalue weighted by atomic mass is 10.2. The number of anilines is 3. The van der Waals surface area contributed by atoms with E-state index in [0.717, 1.165) is 40.7 Å². The fraction of sp³-hybridized carbons (Fsp3) is 0.200. The van der Waals surface area contributed by atoms with Crippen LogP contribution in [0.5, 0.6) is 5.75 Å². The molecule has 0 bridgehead atoms. The summed E-state index contributed by atoms with van der Waals surface area (Å²) in [6, 6.07) is 9.48. The molecule has 1 N–H and O–H groups in total. The fourth-order valence-electron chi connectivity index (χ4n) is 2.20. The van der Waals surface area contributed by atoms with Crippen LogP contribution in [0, 0.1) is 0 Å². The highest BCUT2D eigenvalue weighted by Crippen LogP contribution is 2.37. The maximum atomic E-state index is 11.4. The number of aromatic nitrogens is 1. The summed E-state index contributed by atoms with van der Waals surface area (Å²) < 4.78 is 5.56. The number of hydrogen-bond acceptors (Lipinski definition) is 5. The number of rotatable bonds is 4. The van der Waals surface area contributed by atoms with Gasteiger partial charge in [-0.25, -0.2) is 4.98 Å². The Morgan fingerprint density at radius 3 is 3.19 bits per heavy atom. The number of fused-ring (bicyclic) bond motifs is 2. The van der Waals surface area contributed by atoms with Crippen LogP contribution in [0.1, 0.15) is 12.5 Å². The molecule has 0 unspecified atom stereocenters. The van der Waals surface area contributed by atoms with Crippen molar-refractivity contribution in [1.82, 2.24) is 4.98 Å². The monoisotopic (exact) mass is 301 g/mol. The quantitative estimate of drug-likeness (QED) is 0.693. The number of carbonyl (C=O) groups is 1. The Morgan fingerprint density at radius 2 is 2.38 bits per heavy atom. The average molecular weight is 301 g/mol. The zero-order chi connectivity index (χ0) is 14.7. The van der Waals surface area contributed by atoms with Gasteiger partial charge in [0, 0.05) is 23.6 Å². The highest BCUT2D eigenvalue weighted by molar-refractivity contribution is 7.94. The molecule has 0 fully saturated rings. The highest BCUT2D eigenvalue weighted by atomic mass is 32.2. The van der Waals surface area contributed by atoms with Crippen molar-refractivity contribution < 1.29 is 8.98 Å². The van der Waals surface area contributed by atoms with Crippen LogP contribution < -0.4 is 14.4 Å². The van der Waals surface area contributed by atoms with Crippen molar-refractivity contribution in [2.75, 3.05) is 16.0 Å². The molecule has 0 spiro atoms. The molecule has 2 heterocycles. The Bertz CT molecular complexity index is 663. The molecule has 3 rings (SSSR count). The van der Waals surface area contributed by atoms with Crippen LogP contribution in [-0.4, -0.2) is 17.1 Å². The molecule has 0 saturated heterocycles. The summed E-state index contributed by atoms with van der Waals surface area (Å²) in [5, 5.41) is 3.28. The molecule has 1 amide bonds. The molecular formula is C15H15N3O2S. The molecule has 1 aliphatic rings. The van der Waals surface area contributed by atoms with Crippen molar-refractivity contribution in [2.24, 2.45) is 0 Å². The van der Waals surface area contributed by atoms with Gasteiger partial charge in [0.1, 0.15) is 11.6 Å². The van der Waals surface area contributed by atoms with Crippen molar-refractivity contribution >= 4 is 35.6 Å². The Hall–Kier alpha value is -2.21. The number of nitrogens with zero attached hydrogens (tertiary/aromatic N) is 2. The van der Waals surface area contributed by atoms with Gasteiger partial charge in [-0.15, -0.1) is 0 Å². The van der Waals surface area contributed by atoms with Crippen molar-refractivity contribution in [1.29, 1.82) is 0 Å². The number of amides is 1. The third kappa shape index (κ3) is 2.80. The minimum Gasteiger partial charge on any atom is -0.426 e. The predicted molar refractivity (Wildman–Crippen MR) is 85.0 cm³/mol. The van der Waals surface area contributed by atoms with Crippen molar-refractivity contribution in [2.45, 2.75) is 13.5 Å². The van der Waals surface area contributed by atoms with Crippen molar-refractivity contribution in [3.63, 3.8) is 0 Å². The van der Waals surface area contributed by atoms with Crippen LogP contribution in [0.2, 0.25) is 0 Å². The zero-order valence-electron chi connectivity index (χ0n) is 11.6. The van der Waals surface area contributed by atoms with Crippen LogP contribution in [0.25, 0.3) is 0 Å². The van der Waals surface area contributed by atoms with E-state index in [0.29, 0.717) is 6.54 Å². The molecule has 2 aromatic rings. The molecular weight excluding hydrogens is 286 g/mol. The van der Waals surface area contributed by atoms with Crippen LogP contribution in [0.4, 0.5) is 17.2 Å². The summed E-state index contributed by atoms with van der Waals surface area (Å²) in [6.45, 7) is 2.51. The van der Waals surface area contributed by atoms with Gasteiger partial charge in [-0.05, 0) is 18.2 Å². The van der Waals surface area contributed by atoms with Crippen LogP contribution in [0.15, 0.2) is 36.5 Å². The minimum absolute atomic E-state index is 0.483. The molecule has 0 atom stereocenters. The van der Waals surface area contributed by atoms with Crippen molar-refractivity contribution in [3.05, 3.63) is 42.1 Å². The highest BCUT2D eigenvalue weighted by Gasteiger charge is 2.19. The third-order valence-corrected chi connectivity index (χ3v) is 3.71. The van der Waals surface area contributed by atoms with Gasteiger partial charge in [-0.2, -0.15) is 0 Å². The number of hydrogen-bond donors (Lipinski definition) is 1. The molecule has 5 nitrogen and oxygen atoms in total. The van der Waals surface area contributed by atoms with E-state index in [-0.39, 0.29) is 0 Å². The molecule has 1 aliphatic heterocycles. The largest absolute Gasteiger partial charge is 0.426 e. The van der Waals surface area contributed by atoms with Gasteiger partial charge in [0.2, 0.25) is 6.41 Å². The second-order valence-corrected chi connectivity index (χ2v) is 5.52. The smallest absolute Gasteiger partial charge is 0.214 e. The van der Waals surface area contributed by atoms with Gasteiger partial charge >= 0.3 is 0 Å². The third-order valence-electron chi connectivity index (χ3n) is 3.16. The molecule has 1 aromatic heterocycles. The minimum atomic E-state index is 0.483. The van der Waals surface area contributed by atoms with Gasteiger partial charge < -0.3 is 14.4 Å². The average Bonchev–Trinajstić information content (AvgIpc) is 2.68. The molecule has 6 heteroatoms. The lowest BCUT2D eigenvalue weighted by molar-refractivity contribution is -0.107. The number of benzene rings is 1.